The second-order valence-electron chi connectivity index (χ2n) is 2.21. The van der Waals surface area contributed by atoms with E-state index in [-0.39, 0.29) is 18.4 Å². The van der Waals surface area contributed by atoms with E-state index in [2.05, 4.69) is 0 Å². The van der Waals surface area contributed by atoms with E-state index in [0.29, 0.717) is 6.42 Å². The third kappa shape index (κ3) is 1.68. The number of esters is 1. The highest BCUT2D eigenvalue weighted by Gasteiger charge is 2.22. The molecule has 0 saturated carbocycles. The van der Waals surface area contributed by atoms with E-state index < -0.39 is 0 Å². The first-order valence-corrected chi connectivity index (χ1v) is 3.03. The fraction of sp³-hybridized carbons (Fsp3) is 0.833. The summed E-state index contributed by atoms with van der Waals surface area (Å²) in [4.78, 5) is 10.6. The van der Waals surface area contributed by atoms with Crippen LogP contribution >= 0.6 is 0 Å². The normalized spacial score (nSPS) is 36.0. The summed E-state index contributed by atoms with van der Waals surface area (Å²) in [5.41, 5.74) is 0. The van der Waals surface area contributed by atoms with Crippen LogP contribution in [0.5, 0.6) is 0 Å². The lowest BCUT2D eigenvalue weighted by molar-refractivity contribution is -0.206. The fourth-order valence-corrected chi connectivity index (χ4v) is 0.871. The molecule has 0 unspecified atom stereocenters. The highest BCUT2D eigenvalue weighted by Crippen LogP contribution is 2.11. The molecule has 0 amide bonds. The first kappa shape index (κ1) is 6.55. The molecule has 1 heterocycles. The van der Waals surface area contributed by atoms with Gasteiger partial charge in [-0.2, -0.15) is 0 Å². The number of ether oxygens (including phenoxy) is 2. The lowest BCUT2D eigenvalue weighted by Crippen LogP contribution is -2.31. The molecule has 52 valence electrons. The minimum atomic E-state index is -0.360. The van der Waals surface area contributed by atoms with Gasteiger partial charge >= 0.3 is 5.97 Å². The van der Waals surface area contributed by atoms with E-state index in [4.69, 9.17) is 9.47 Å². The van der Waals surface area contributed by atoms with Crippen LogP contribution in [-0.2, 0) is 14.3 Å². The quantitative estimate of drug-likeness (QED) is 0.452. The minimum Gasteiger partial charge on any atom is -0.436 e. The Balaban J connectivity index is 2.43. The summed E-state index contributed by atoms with van der Waals surface area (Å²) in [6.07, 6.45) is 0.0344. The molecule has 1 aliphatic heterocycles. The fourth-order valence-electron chi connectivity index (χ4n) is 0.871. The van der Waals surface area contributed by atoms with Crippen molar-refractivity contribution in [3.63, 3.8) is 0 Å². The number of hydrogen-bond acceptors (Lipinski definition) is 3. The molecule has 9 heavy (non-hydrogen) atoms. The largest absolute Gasteiger partial charge is 0.436 e. The SMILES string of the molecule is C[C@H]1OC(=O)C[C@@H](C)O1. The molecule has 0 N–H and O–H groups in total. The summed E-state index contributed by atoms with van der Waals surface area (Å²) in [7, 11) is 0. The highest BCUT2D eigenvalue weighted by molar-refractivity contribution is 5.70. The molecule has 1 saturated heterocycles. The minimum absolute atomic E-state index is 0.0150. The second kappa shape index (κ2) is 2.35. The van der Waals surface area contributed by atoms with Crippen LogP contribution in [0.3, 0.4) is 0 Å². The maximum Gasteiger partial charge on any atom is 0.310 e. The summed E-state index contributed by atoms with van der Waals surface area (Å²) in [6, 6.07) is 0. The van der Waals surface area contributed by atoms with Gasteiger partial charge in [0.15, 0.2) is 6.29 Å². The van der Waals surface area contributed by atoms with Crippen LogP contribution in [0.2, 0.25) is 0 Å². The van der Waals surface area contributed by atoms with Crippen LogP contribution < -0.4 is 0 Å². The van der Waals surface area contributed by atoms with Gasteiger partial charge in [0.05, 0.1) is 12.5 Å². The topological polar surface area (TPSA) is 35.5 Å². The van der Waals surface area contributed by atoms with Gasteiger partial charge in [0.25, 0.3) is 0 Å². The smallest absolute Gasteiger partial charge is 0.310 e. The predicted octanol–water partition coefficient (Wildman–Crippen LogP) is 0.684. The summed E-state index contributed by atoms with van der Waals surface area (Å²) < 4.78 is 9.81. The summed E-state index contributed by atoms with van der Waals surface area (Å²) in [5.74, 6) is -0.166. The molecule has 0 aromatic carbocycles. The Morgan fingerprint density at radius 1 is 1.56 bits per heavy atom. The third-order valence-corrected chi connectivity index (χ3v) is 1.18. The zero-order valence-corrected chi connectivity index (χ0v) is 5.59. The summed E-state index contributed by atoms with van der Waals surface area (Å²) >= 11 is 0. The molecular formula is C6H10O3. The Morgan fingerprint density at radius 2 is 2.22 bits per heavy atom. The van der Waals surface area contributed by atoms with Crippen LogP contribution in [0, 0.1) is 0 Å². The number of rotatable bonds is 0. The predicted molar refractivity (Wildman–Crippen MR) is 30.7 cm³/mol. The highest BCUT2D eigenvalue weighted by atomic mass is 16.7. The van der Waals surface area contributed by atoms with Gasteiger partial charge in [0.2, 0.25) is 0 Å². The van der Waals surface area contributed by atoms with Crippen molar-refractivity contribution < 1.29 is 14.3 Å². The lowest BCUT2D eigenvalue weighted by Gasteiger charge is -2.24. The van der Waals surface area contributed by atoms with Gasteiger partial charge in [-0.05, 0) is 13.8 Å². The number of cyclic esters (lactones) is 1. The van der Waals surface area contributed by atoms with Gasteiger partial charge in [-0.1, -0.05) is 0 Å². The van der Waals surface area contributed by atoms with Crippen molar-refractivity contribution in [2.45, 2.75) is 32.7 Å². The van der Waals surface area contributed by atoms with Crippen LogP contribution in [-0.4, -0.2) is 18.4 Å². The Morgan fingerprint density at radius 3 is 2.67 bits per heavy atom. The van der Waals surface area contributed by atoms with E-state index >= 15 is 0 Å². The van der Waals surface area contributed by atoms with E-state index in [9.17, 15) is 4.79 Å². The van der Waals surface area contributed by atoms with Crippen molar-refractivity contribution >= 4 is 5.97 Å². The number of hydrogen-bond donors (Lipinski definition) is 0. The van der Waals surface area contributed by atoms with Crippen molar-refractivity contribution in [1.29, 1.82) is 0 Å². The van der Waals surface area contributed by atoms with E-state index in [1.807, 2.05) is 6.92 Å². The van der Waals surface area contributed by atoms with Gasteiger partial charge in [0.1, 0.15) is 0 Å². The molecule has 0 aromatic rings. The van der Waals surface area contributed by atoms with Crippen molar-refractivity contribution in [2.75, 3.05) is 0 Å². The standard InChI is InChI=1S/C6H10O3/c1-4-3-6(7)9-5(2)8-4/h4-5H,3H2,1-2H3/t4-,5-/m1/s1. The Kier molecular flexibility index (Phi) is 1.71. The second-order valence-corrected chi connectivity index (χ2v) is 2.21. The summed E-state index contributed by atoms with van der Waals surface area (Å²) in [6.45, 7) is 3.57. The summed E-state index contributed by atoms with van der Waals surface area (Å²) in [5, 5.41) is 0. The molecular weight excluding hydrogens is 120 g/mol. The monoisotopic (exact) mass is 130 g/mol. The molecule has 2 atom stereocenters. The van der Waals surface area contributed by atoms with Crippen LogP contribution in [0.15, 0.2) is 0 Å². The molecule has 0 aliphatic carbocycles. The van der Waals surface area contributed by atoms with Crippen molar-refractivity contribution in [3.8, 4) is 0 Å². The van der Waals surface area contributed by atoms with E-state index in [1.54, 1.807) is 6.92 Å². The van der Waals surface area contributed by atoms with Gasteiger partial charge in [0, 0.05) is 0 Å². The van der Waals surface area contributed by atoms with Gasteiger partial charge in [-0.25, -0.2) is 0 Å². The van der Waals surface area contributed by atoms with Crippen molar-refractivity contribution in [3.05, 3.63) is 0 Å². The Bertz CT molecular complexity index is 109. The zero-order valence-electron chi connectivity index (χ0n) is 5.59. The maximum absolute atomic E-state index is 10.6. The average Bonchev–Trinajstić information content (AvgIpc) is 1.59. The lowest BCUT2D eigenvalue weighted by atomic mass is 10.3. The molecule has 3 heteroatoms. The van der Waals surface area contributed by atoms with Crippen LogP contribution in [0.4, 0.5) is 0 Å². The van der Waals surface area contributed by atoms with Crippen molar-refractivity contribution in [1.82, 2.24) is 0 Å². The van der Waals surface area contributed by atoms with Gasteiger partial charge < -0.3 is 9.47 Å². The average molecular weight is 130 g/mol. The first-order valence-electron chi connectivity index (χ1n) is 3.03. The molecule has 0 radical (unpaired) electrons. The number of carbonyl (C=O) groups excluding carboxylic acids is 1. The molecule has 1 rings (SSSR count). The molecule has 3 nitrogen and oxygen atoms in total. The van der Waals surface area contributed by atoms with Crippen molar-refractivity contribution in [2.24, 2.45) is 0 Å². The van der Waals surface area contributed by atoms with Crippen LogP contribution in [0.1, 0.15) is 20.3 Å². The Labute approximate surface area is 53.9 Å². The molecule has 0 bridgehead atoms. The van der Waals surface area contributed by atoms with Gasteiger partial charge in [-0.15, -0.1) is 0 Å². The molecule has 1 fully saturated rings. The number of carbonyl (C=O) groups is 1. The molecule has 0 spiro atoms. The van der Waals surface area contributed by atoms with E-state index in [1.165, 1.54) is 0 Å². The third-order valence-electron chi connectivity index (χ3n) is 1.18. The molecule has 0 aromatic heterocycles. The molecule has 1 aliphatic rings. The van der Waals surface area contributed by atoms with E-state index in [0.717, 1.165) is 0 Å². The zero-order chi connectivity index (χ0) is 6.85. The van der Waals surface area contributed by atoms with Crippen LogP contribution in [0.25, 0.3) is 0 Å². The maximum atomic E-state index is 10.6. The van der Waals surface area contributed by atoms with Gasteiger partial charge in [-0.3, -0.25) is 4.79 Å². The first-order chi connectivity index (χ1) is 4.18. The Hall–Kier alpha value is -0.570.